The van der Waals surface area contributed by atoms with Gasteiger partial charge in [-0.2, -0.15) is 0 Å². The molecule has 0 saturated heterocycles. The van der Waals surface area contributed by atoms with Crippen LogP contribution in [0.5, 0.6) is 0 Å². The number of phosphoric ester groups is 2. The second-order valence-corrected chi connectivity index (χ2v) is 32.8. The number of ether oxygens (including phenoxy) is 4. The molecule has 0 saturated carbocycles. The van der Waals surface area contributed by atoms with Crippen molar-refractivity contribution in [1.29, 1.82) is 0 Å². The number of esters is 4. The predicted octanol–water partition coefficient (Wildman–Crippen LogP) is 24.3. The molecule has 0 aromatic heterocycles. The van der Waals surface area contributed by atoms with Gasteiger partial charge in [0.1, 0.15) is 19.3 Å². The molecule has 0 fully saturated rings. The van der Waals surface area contributed by atoms with E-state index in [2.05, 4.69) is 41.5 Å². The summed E-state index contributed by atoms with van der Waals surface area (Å²) in [7, 11) is -9.91. The number of rotatable bonds is 80. The molecule has 6 atom stereocenters. The molecule has 0 aliphatic rings. The second kappa shape index (κ2) is 72.6. The number of hydrogen-bond donors (Lipinski definition) is 3. The summed E-state index contributed by atoms with van der Waals surface area (Å²) < 4.78 is 68.6. The summed E-state index contributed by atoms with van der Waals surface area (Å²) >= 11 is 0. The van der Waals surface area contributed by atoms with Gasteiger partial charge in [-0.3, -0.25) is 37.3 Å². The minimum Gasteiger partial charge on any atom is -0.462 e. The summed E-state index contributed by atoms with van der Waals surface area (Å²) in [5.74, 6) is -0.534. The van der Waals surface area contributed by atoms with Crippen LogP contribution in [0.15, 0.2) is 0 Å². The number of aliphatic hydroxyl groups is 1. The SMILES string of the molecule is CCCCCCCCCCCCCCCCCCCCCCCCC(=O)O[C@H](COC(=O)CCCCCCCCCCCCCCCCCCC(C)C)COP(=O)(O)OC[C@@H](O)COP(=O)(O)OC[C@@H](COC(=O)CCCCCCCCC)OC(=O)CCCCCCCCCCC(C)CC. The molecule has 19 heteroatoms. The Hall–Kier alpha value is -1.94. The number of phosphoric acid groups is 2. The van der Waals surface area contributed by atoms with E-state index in [4.69, 9.17) is 37.0 Å². The topological polar surface area (TPSA) is 237 Å². The second-order valence-electron chi connectivity index (χ2n) is 29.9. The van der Waals surface area contributed by atoms with E-state index in [9.17, 15) is 43.2 Å². The molecule has 0 radical (unpaired) electrons. The number of carbonyl (C=O) groups is 4. The Morgan fingerprint density at radius 3 is 0.760 bits per heavy atom. The van der Waals surface area contributed by atoms with Gasteiger partial charge in [0, 0.05) is 25.7 Å². The van der Waals surface area contributed by atoms with Crippen molar-refractivity contribution in [2.45, 2.75) is 445 Å². The lowest BCUT2D eigenvalue weighted by atomic mass is 9.99. The molecule has 0 bridgehead atoms. The van der Waals surface area contributed by atoms with E-state index < -0.39 is 97.5 Å². The number of aliphatic hydroxyl groups excluding tert-OH is 1. The van der Waals surface area contributed by atoms with Gasteiger partial charge in [0.15, 0.2) is 12.2 Å². The fourth-order valence-corrected chi connectivity index (χ4v) is 14.1. The first kappa shape index (κ1) is 98.1. The Balaban J connectivity index is 5.16. The smallest absolute Gasteiger partial charge is 0.462 e. The van der Waals surface area contributed by atoms with E-state index in [0.29, 0.717) is 25.7 Å². The largest absolute Gasteiger partial charge is 0.472 e. The van der Waals surface area contributed by atoms with Gasteiger partial charge in [-0.05, 0) is 37.5 Å². The van der Waals surface area contributed by atoms with E-state index >= 15 is 0 Å². The van der Waals surface area contributed by atoms with Crippen molar-refractivity contribution >= 4 is 39.5 Å². The van der Waals surface area contributed by atoms with Crippen LogP contribution < -0.4 is 0 Å². The minimum atomic E-state index is -4.96. The summed E-state index contributed by atoms with van der Waals surface area (Å²) in [6.45, 7) is 9.61. The van der Waals surface area contributed by atoms with E-state index in [1.54, 1.807) is 0 Å². The van der Waals surface area contributed by atoms with Crippen molar-refractivity contribution in [2.24, 2.45) is 11.8 Å². The summed E-state index contributed by atoms with van der Waals surface area (Å²) in [5, 5.41) is 10.6. The van der Waals surface area contributed by atoms with Crippen LogP contribution >= 0.6 is 15.6 Å². The zero-order valence-corrected chi connectivity index (χ0v) is 67.3. The van der Waals surface area contributed by atoms with E-state index in [0.717, 1.165) is 115 Å². The Kier molecular flexibility index (Phi) is 71.2. The highest BCUT2D eigenvalue weighted by Gasteiger charge is 2.30. The maximum Gasteiger partial charge on any atom is 0.472 e. The fraction of sp³-hybridized carbons (Fsp3) is 0.951. The first-order valence-electron chi connectivity index (χ1n) is 42.0. The lowest BCUT2D eigenvalue weighted by molar-refractivity contribution is -0.161. The standard InChI is InChI=1S/C81H158O17P2/c1-7-10-12-14-16-17-18-19-20-21-22-23-24-25-26-31-34-37-40-47-53-59-65-80(85)97-77(70-92-79(84)64-58-52-46-39-36-33-30-28-27-29-32-35-38-44-49-55-61-73(4)5)72-96-100(89,90)94-68-75(82)67-93-99(87,88)95-71-76(69-91-78(83)63-57-51-43-15-13-11-8-2)98-81(86)66-60-54-48-42-41-45-50-56-62-74(6)9-3/h73-77,82H,7-72H2,1-6H3,(H,87,88)(H,89,90)/t74?,75-,76+,77+/m0/s1. The number of unbranched alkanes of at least 4 members (excludes halogenated alkanes) is 49. The molecular formula is C81H158O17P2. The molecule has 0 heterocycles. The van der Waals surface area contributed by atoms with Gasteiger partial charge in [0.2, 0.25) is 0 Å². The zero-order valence-electron chi connectivity index (χ0n) is 65.5. The van der Waals surface area contributed by atoms with E-state index in [1.165, 1.54) is 231 Å². The molecule has 0 spiro atoms. The average molecular weight is 1470 g/mol. The van der Waals surface area contributed by atoms with Crippen molar-refractivity contribution in [3.8, 4) is 0 Å². The van der Waals surface area contributed by atoms with E-state index in [-0.39, 0.29) is 25.7 Å². The molecule has 594 valence electrons. The first-order chi connectivity index (χ1) is 48.4. The third-order valence-electron chi connectivity index (χ3n) is 19.3. The van der Waals surface area contributed by atoms with Crippen LogP contribution in [0, 0.1) is 11.8 Å². The monoisotopic (exact) mass is 1470 g/mol. The molecule has 0 aliphatic heterocycles. The van der Waals surface area contributed by atoms with Crippen LogP contribution in [0.3, 0.4) is 0 Å². The zero-order chi connectivity index (χ0) is 73.5. The fourth-order valence-electron chi connectivity index (χ4n) is 12.5. The lowest BCUT2D eigenvalue weighted by Gasteiger charge is -2.21. The molecule has 100 heavy (non-hydrogen) atoms. The van der Waals surface area contributed by atoms with Crippen molar-refractivity contribution < 1.29 is 80.2 Å². The van der Waals surface area contributed by atoms with Crippen LogP contribution in [0.2, 0.25) is 0 Å². The normalized spacial score (nSPS) is 14.2. The third-order valence-corrected chi connectivity index (χ3v) is 21.2. The van der Waals surface area contributed by atoms with Crippen LogP contribution in [0.4, 0.5) is 0 Å². The Labute approximate surface area is 613 Å². The molecule has 0 aromatic rings. The molecule has 3 unspecified atom stereocenters. The molecule has 0 aromatic carbocycles. The Morgan fingerprint density at radius 1 is 0.290 bits per heavy atom. The average Bonchev–Trinajstić information content (AvgIpc) is 0.925. The molecule has 0 rings (SSSR count). The highest BCUT2D eigenvalue weighted by atomic mass is 31.2. The third kappa shape index (κ3) is 73.0. The van der Waals surface area contributed by atoms with Gasteiger partial charge in [-0.25, -0.2) is 9.13 Å². The maximum absolute atomic E-state index is 13.1. The van der Waals surface area contributed by atoms with Gasteiger partial charge < -0.3 is 33.8 Å². The van der Waals surface area contributed by atoms with Crippen LogP contribution in [-0.2, 0) is 65.4 Å². The van der Waals surface area contributed by atoms with Gasteiger partial charge in [0.25, 0.3) is 0 Å². The van der Waals surface area contributed by atoms with Crippen molar-refractivity contribution in [3.05, 3.63) is 0 Å². The van der Waals surface area contributed by atoms with Crippen molar-refractivity contribution in [3.63, 3.8) is 0 Å². The highest BCUT2D eigenvalue weighted by Crippen LogP contribution is 2.45. The maximum atomic E-state index is 13.1. The molecule has 3 N–H and O–H groups in total. The van der Waals surface area contributed by atoms with Crippen molar-refractivity contribution in [2.75, 3.05) is 39.6 Å². The Bertz CT molecular complexity index is 1930. The number of carbonyl (C=O) groups excluding carboxylic acids is 4. The number of hydrogen-bond acceptors (Lipinski definition) is 15. The molecule has 17 nitrogen and oxygen atoms in total. The molecule has 0 amide bonds. The van der Waals surface area contributed by atoms with Crippen LogP contribution in [-0.4, -0.2) is 96.7 Å². The van der Waals surface area contributed by atoms with Gasteiger partial charge in [0.05, 0.1) is 26.4 Å². The first-order valence-corrected chi connectivity index (χ1v) is 45.0. The van der Waals surface area contributed by atoms with Crippen LogP contribution in [0.1, 0.15) is 427 Å². The van der Waals surface area contributed by atoms with Crippen LogP contribution in [0.25, 0.3) is 0 Å². The molecule has 0 aliphatic carbocycles. The molecular weight excluding hydrogens is 1310 g/mol. The van der Waals surface area contributed by atoms with Crippen molar-refractivity contribution in [1.82, 2.24) is 0 Å². The van der Waals surface area contributed by atoms with Gasteiger partial charge in [-0.15, -0.1) is 0 Å². The summed E-state index contributed by atoms with van der Waals surface area (Å²) in [4.78, 5) is 72.8. The quantitative estimate of drug-likeness (QED) is 0.0222. The highest BCUT2D eigenvalue weighted by molar-refractivity contribution is 7.47. The summed E-state index contributed by atoms with van der Waals surface area (Å²) in [6.07, 6.45) is 62.8. The summed E-state index contributed by atoms with van der Waals surface area (Å²) in [6, 6.07) is 0. The van der Waals surface area contributed by atoms with Gasteiger partial charge >= 0.3 is 39.5 Å². The minimum absolute atomic E-state index is 0.105. The van der Waals surface area contributed by atoms with E-state index in [1.807, 2.05) is 0 Å². The summed E-state index contributed by atoms with van der Waals surface area (Å²) in [5.41, 5.74) is 0. The lowest BCUT2D eigenvalue weighted by Crippen LogP contribution is -2.30. The van der Waals surface area contributed by atoms with Gasteiger partial charge in [-0.1, -0.05) is 375 Å². The Morgan fingerprint density at radius 2 is 0.510 bits per heavy atom. The predicted molar refractivity (Wildman–Crippen MR) is 409 cm³/mol.